The lowest BCUT2D eigenvalue weighted by atomic mass is 10.2. The van der Waals surface area contributed by atoms with E-state index >= 15 is 0 Å². The molecule has 0 radical (unpaired) electrons. The Morgan fingerprint density at radius 2 is 1.84 bits per heavy atom. The summed E-state index contributed by atoms with van der Waals surface area (Å²) < 4.78 is 12.8. The lowest BCUT2D eigenvalue weighted by Gasteiger charge is -2.13. The Bertz CT molecular complexity index is 1030. The van der Waals surface area contributed by atoms with Crippen LogP contribution in [0.4, 0.5) is 4.79 Å². The van der Waals surface area contributed by atoms with Gasteiger partial charge in [-0.25, -0.2) is 0 Å². The van der Waals surface area contributed by atoms with E-state index in [2.05, 4.69) is 45.2 Å². The van der Waals surface area contributed by atoms with Crippen molar-refractivity contribution in [1.82, 2.24) is 4.90 Å². The molecule has 2 amide bonds. The van der Waals surface area contributed by atoms with Crippen LogP contribution >= 0.6 is 80.1 Å². The number of hydrogen-bond acceptors (Lipinski definition) is 5. The molecule has 5 nitrogen and oxygen atoms in total. The van der Waals surface area contributed by atoms with Gasteiger partial charge in [-0.05, 0) is 99.3 Å². The molecular weight excluding hydrogens is 687 g/mol. The topological polar surface area (TPSA) is 55.8 Å². The number of methoxy groups -OCH3 is 1. The van der Waals surface area contributed by atoms with Crippen molar-refractivity contribution in [2.45, 2.75) is 13.0 Å². The second kappa shape index (κ2) is 11.6. The van der Waals surface area contributed by atoms with Gasteiger partial charge < -0.3 is 9.47 Å². The van der Waals surface area contributed by atoms with Gasteiger partial charge in [0.05, 0.1) is 12.0 Å². The minimum atomic E-state index is -0.270. The van der Waals surface area contributed by atoms with Crippen molar-refractivity contribution < 1.29 is 19.1 Å². The van der Waals surface area contributed by atoms with Crippen molar-refractivity contribution in [1.29, 1.82) is 0 Å². The first-order valence-corrected chi connectivity index (χ1v) is 12.8. The largest absolute Gasteiger partial charge is 0.487 e. The molecule has 0 unspecified atom stereocenters. The first kappa shape index (κ1) is 25.1. The first-order chi connectivity index (χ1) is 14.8. The van der Waals surface area contributed by atoms with Crippen LogP contribution in [0.5, 0.6) is 5.75 Å². The molecule has 1 aliphatic heterocycles. The molecule has 1 aliphatic rings. The van der Waals surface area contributed by atoms with Crippen molar-refractivity contribution in [2.75, 3.05) is 20.3 Å². The van der Waals surface area contributed by atoms with Crippen LogP contribution in [-0.2, 0) is 16.1 Å². The van der Waals surface area contributed by atoms with Gasteiger partial charge in [0.1, 0.15) is 12.4 Å². The summed E-state index contributed by atoms with van der Waals surface area (Å²) in [6.07, 6.45) is 2.35. The Balaban J connectivity index is 1.74. The number of thioether (sulfide) groups is 1. The second-order valence-electron chi connectivity index (χ2n) is 6.52. The molecule has 0 atom stereocenters. The number of amides is 2. The molecule has 1 fully saturated rings. The number of carbonyl (C=O) groups is 2. The summed E-state index contributed by atoms with van der Waals surface area (Å²) in [5.74, 6) is 0.464. The van der Waals surface area contributed by atoms with Crippen molar-refractivity contribution in [3.63, 3.8) is 0 Å². The molecular formula is C21H17Cl2I2NO4S. The molecule has 2 aromatic carbocycles. The summed E-state index contributed by atoms with van der Waals surface area (Å²) in [4.78, 5) is 26.4. The van der Waals surface area contributed by atoms with E-state index in [4.69, 9.17) is 32.7 Å². The van der Waals surface area contributed by atoms with E-state index in [-0.39, 0.29) is 11.1 Å². The maximum absolute atomic E-state index is 12.6. The molecule has 1 saturated heterocycles. The van der Waals surface area contributed by atoms with E-state index in [9.17, 15) is 9.59 Å². The minimum absolute atomic E-state index is 0.253. The highest BCUT2D eigenvalue weighted by molar-refractivity contribution is 14.1. The quantitative estimate of drug-likeness (QED) is 0.171. The Labute approximate surface area is 222 Å². The van der Waals surface area contributed by atoms with E-state index < -0.39 is 0 Å². The van der Waals surface area contributed by atoms with Gasteiger partial charge >= 0.3 is 0 Å². The first-order valence-electron chi connectivity index (χ1n) is 9.10. The number of halogens is 4. The average Bonchev–Trinajstić information content (AvgIpc) is 2.96. The molecule has 3 rings (SSSR count). The zero-order valence-electron chi connectivity index (χ0n) is 16.3. The van der Waals surface area contributed by atoms with Gasteiger partial charge in [0.2, 0.25) is 0 Å². The van der Waals surface area contributed by atoms with E-state index in [1.54, 1.807) is 25.3 Å². The highest BCUT2D eigenvalue weighted by Gasteiger charge is 2.34. The fourth-order valence-electron chi connectivity index (χ4n) is 2.80. The van der Waals surface area contributed by atoms with Gasteiger partial charge in [-0.15, -0.1) is 0 Å². The van der Waals surface area contributed by atoms with E-state index in [1.165, 1.54) is 4.90 Å². The highest BCUT2D eigenvalue weighted by Crippen LogP contribution is 2.35. The third-order valence-electron chi connectivity index (χ3n) is 4.31. The zero-order chi connectivity index (χ0) is 22.5. The summed E-state index contributed by atoms with van der Waals surface area (Å²) in [6, 6.07) is 9.12. The van der Waals surface area contributed by atoms with Gasteiger partial charge in [0, 0.05) is 35.9 Å². The minimum Gasteiger partial charge on any atom is -0.487 e. The van der Waals surface area contributed by atoms with Crippen LogP contribution in [0.2, 0.25) is 10.0 Å². The zero-order valence-corrected chi connectivity index (χ0v) is 22.9. The Hall–Kier alpha value is -0.530. The molecule has 0 aliphatic carbocycles. The predicted molar refractivity (Wildman–Crippen MR) is 142 cm³/mol. The average molecular weight is 704 g/mol. The molecule has 164 valence electrons. The van der Waals surface area contributed by atoms with Gasteiger partial charge in [-0.2, -0.15) is 0 Å². The summed E-state index contributed by atoms with van der Waals surface area (Å²) in [5.41, 5.74) is 1.66. The third-order valence-corrected chi connectivity index (χ3v) is 7.41. The molecule has 10 heteroatoms. The highest BCUT2D eigenvalue weighted by atomic mass is 127. The number of nitrogens with zero attached hydrogens (tertiary/aromatic N) is 1. The Morgan fingerprint density at radius 1 is 1.13 bits per heavy atom. The van der Waals surface area contributed by atoms with Crippen LogP contribution in [0, 0.1) is 7.14 Å². The predicted octanol–water partition coefficient (Wildman–Crippen LogP) is 6.85. The second-order valence-corrected chi connectivity index (χ2v) is 10.7. The smallest absolute Gasteiger partial charge is 0.293 e. The molecule has 0 spiro atoms. The molecule has 0 saturated carbocycles. The fraction of sp³-hybridized carbons (Fsp3) is 0.238. The van der Waals surface area contributed by atoms with Crippen LogP contribution in [0.25, 0.3) is 6.08 Å². The number of carbonyl (C=O) groups excluding carboxylic acids is 2. The van der Waals surface area contributed by atoms with Crippen LogP contribution < -0.4 is 4.74 Å². The van der Waals surface area contributed by atoms with Gasteiger partial charge in [0.15, 0.2) is 0 Å². The van der Waals surface area contributed by atoms with E-state index in [0.29, 0.717) is 41.1 Å². The van der Waals surface area contributed by atoms with Gasteiger partial charge in [-0.3, -0.25) is 14.5 Å². The molecule has 0 N–H and O–H groups in total. The van der Waals surface area contributed by atoms with Crippen LogP contribution in [0.15, 0.2) is 35.2 Å². The number of hydrogen-bond donors (Lipinski definition) is 0. The van der Waals surface area contributed by atoms with Gasteiger partial charge in [-0.1, -0.05) is 29.3 Å². The monoisotopic (exact) mass is 703 g/mol. The fourth-order valence-corrected chi connectivity index (χ4v) is 6.26. The maximum Gasteiger partial charge on any atom is 0.293 e. The SMILES string of the molecule is COCCCN1C(=O)S/C(=C/c2cc(I)c(OCc3ccc(Cl)cc3Cl)c(I)c2)C1=O. The molecule has 0 aromatic heterocycles. The Morgan fingerprint density at radius 3 is 2.48 bits per heavy atom. The lowest BCUT2D eigenvalue weighted by Crippen LogP contribution is -2.29. The van der Waals surface area contributed by atoms with Crippen molar-refractivity contribution >= 4 is 97.4 Å². The summed E-state index contributed by atoms with van der Waals surface area (Å²) in [7, 11) is 1.59. The van der Waals surface area contributed by atoms with E-state index in [1.807, 2.05) is 18.2 Å². The third kappa shape index (κ3) is 6.50. The molecule has 1 heterocycles. The summed E-state index contributed by atoms with van der Waals surface area (Å²) in [5, 5.41) is 0.872. The van der Waals surface area contributed by atoms with Crippen molar-refractivity contribution in [3.05, 3.63) is 63.5 Å². The number of ether oxygens (including phenoxy) is 2. The Kier molecular flexibility index (Phi) is 9.35. The number of benzene rings is 2. The van der Waals surface area contributed by atoms with Crippen molar-refractivity contribution in [2.24, 2.45) is 0 Å². The standard InChI is InChI=1S/C21H17Cl2I2NO4S/c1-29-6-2-5-26-20(27)18(31-21(26)28)9-12-7-16(24)19(17(25)8-12)30-11-13-3-4-14(22)10-15(13)23/h3-4,7-10H,2,5-6,11H2,1H3/b18-9+. The molecule has 0 bridgehead atoms. The normalized spacial score (nSPS) is 15.3. The van der Waals surface area contributed by atoms with Crippen LogP contribution in [0.1, 0.15) is 17.5 Å². The van der Waals surface area contributed by atoms with Crippen LogP contribution in [-0.4, -0.2) is 36.3 Å². The number of imide groups is 1. The number of rotatable bonds is 8. The van der Waals surface area contributed by atoms with E-state index in [0.717, 1.165) is 35.8 Å². The molecule has 31 heavy (non-hydrogen) atoms. The molecule has 2 aromatic rings. The van der Waals surface area contributed by atoms with Gasteiger partial charge in [0.25, 0.3) is 11.1 Å². The summed E-state index contributed by atoms with van der Waals surface area (Å²) in [6.45, 7) is 1.16. The van der Waals surface area contributed by atoms with Crippen LogP contribution in [0.3, 0.4) is 0 Å². The maximum atomic E-state index is 12.6. The lowest BCUT2D eigenvalue weighted by molar-refractivity contribution is -0.122. The van der Waals surface area contributed by atoms with Crippen molar-refractivity contribution in [3.8, 4) is 5.75 Å². The summed E-state index contributed by atoms with van der Waals surface area (Å²) >= 11 is 17.5.